The molecular formula is C10H14N2O. The van der Waals surface area contributed by atoms with E-state index in [0.29, 0.717) is 0 Å². The summed E-state index contributed by atoms with van der Waals surface area (Å²) in [4.78, 5) is 4.10. The van der Waals surface area contributed by atoms with Gasteiger partial charge in [0.05, 0.1) is 17.5 Å². The summed E-state index contributed by atoms with van der Waals surface area (Å²) >= 11 is 0. The number of rotatable bonds is 1. The van der Waals surface area contributed by atoms with Crippen LogP contribution in [0.5, 0.6) is 0 Å². The van der Waals surface area contributed by atoms with Crippen LogP contribution in [0, 0.1) is 0 Å². The van der Waals surface area contributed by atoms with Gasteiger partial charge in [-0.2, -0.15) is 0 Å². The van der Waals surface area contributed by atoms with E-state index in [1.165, 1.54) is 5.56 Å². The second-order valence-corrected chi connectivity index (χ2v) is 3.95. The van der Waals surface area contributed by atoms with Gasteiger partial charge in [0.1, 0.15) is 0 Å². The Bertz CT molecular complexity index is 328. The van der Waals surface area contributed by atoms with Crippen LogP contribution in [-0.2, 0) is 12.0 Å². The topological polar surface area (TPSA) is 45.2 Å². The predicted octanol–water partition coefficient (Wildman–Crippen LogP) is 1.28. The average molecular weight is 178 g/mol. The maximum atomic E-state index is 9.89. The van der Waals surface area contributed by atoms with Crippen LogP contribution in [-0.4, -0.2) is 16.6 Å². The molecule has 1 aliphatic rings. The second-order valence-electron chi connectivity index (χ2n) is 3.95. The van der Waals surface area contributed by atoms with Crippen molar-refractivity contribution in [2.45, 2.75) is 25.9 Å². The van der Waals surface area contributed by atoms with Gasteiger partial charge in [0.15, 0.2) is 0 Å². The van der Waals surface area contributed by atoms with E-state index in [9.17, 15) is 5.11 Å². The van der Waals surface area contributed by atoms with Gasteiger partial charge in [-0.3, -0.25) is 4.98 Å². The lowest BCUT2D eigenvalue weighted by Gasteiger charge is -2.20. The first kappa shape index (κ1) is 8.51. The summed E-state index contributed by atoms with van der Waals surface area (Å²) in [6.07, 6.45) is 4.56. The highest BCUT2D eigenvalue weighted by Crippen LogP contribution is 2.30. The third kappa shape index (κ3) is 1.40. The zero-order valence-corrected chi connectivity index (χ0v) is 7.96. The zero-order chi connectivity index (χ0) is 9.47. The minimum absolute atomic E-state index is 0.787. The molecule has 2 heterocycles. The molecule has 13 heavy (non-hydrogen) atoms. The Hall–Kier alpha value is -1.09. The first-order valence-corrected chi connectivity index (χ1v) is 4.52. The van der Waals surface area contributed by atoms with Crippen molar-refractivity contribution in [3.63, 3.8) is 0 Å². The maximum absolute atomic E-state index is 9.89. The second kappa shape index (κ2) is 2.70. The van der Waals surface area contributed by atoms with Crippen molar-refractivity contribution in [3.8, 4) is 0 Å². The fourth-order valence-electron chi connectivity index (χ4n) is 1.76. The summed E-state index contributed by atoms with van der Waals surface area (Å²) in [5, 5.41) is 13.1. The van der Waals surface area contributed by atoms with Crippen molar-refractivity contribution in [2.75, 3.05) is 11.9 Å². The van der Waals surface area contributed by atoms with Crippen molar-refractivity contribution in [2.24, 2.45) is 0 Å². The molecule has 0 atom stereocenters. The first-order valence-electron chi connectivity index (χ1n) is 4.52. The number of aliphatic hydroxyl groups is 1. The lowest BCUT2D eigenvalue weighted by atomic mass is 9.94. The molecule has 2 N–H and O–H groups in total. The van der Waals surface area contributed by atoms with Gasteiger partial charge in [0, 0.05) is 18.3 Å². The van der Waals surface area contributed by atoms with Gasteiger partial charge in [-0.25, -0.2) is 0 Å². The van der Waals surface area contributed by atoms with E-state index in [-0.39, 0.29) is 0 Å². The average Bonchev–Trinajstić information content (AvgIpc) is 2.48. The Labute approximate surface area is 77.8 Å². The molecule has 0 saturated carbocycles. The summed E-state index contributed by atoms with van der Waals surface area (Å²) in [5.41, 5.74) is 2.43. The van der Waals surface area contributed by atoms with Gasteiger partial charge in [-0.1, -0.05) is 0 Å². The van der Waals surface area contributed by atoms with E-state index in [0.717, 1.165) is 24.2 Å². The molecule has 0 radical (unpaired) electrons. The van der Waals surface area contributed by atoms with Gasteiger partial charge >= 0.3 is 0 Å². The van der Waals surface area contributed by atoms with Gasteiger partial charge < -0.3 is 10.4 Å². The summed E-state index contributed by atoms with van der Waals surface area (Å²) in [5.74, 6) is 0. The smallest absolute Gasteiger partial charge is 0.0858 e. The molecule has 1 aromatic heterocycles. The number of fused-ring (bicyclic) bond motifs is 1. The van der Waals surface area contributed by atoms with Gasteiger partial charge in [0.2, 0.25) is 0 Å². The summed E-state index contributed by atoms with van der Waals surface area (Å²) in [7, 11) is 0. The molecule has 0 saturated heterocycles. The first-order chi connectivity index (χ1) is 6.09. The molecule has 70 valence electrons. The predicted molar refractivity (Wildman–Crippen MR) is 51.7 cm³/mol. The van der Waals surface area contributed by atoms with Crippen LogP contribution in [0.1, 0.15) is 25.0 Å². The zero-order valence-electron chi connectivity index (χ0n) is 7.96. The summed E-state index contributed by atoms with van der Waals surface area (Å²) < 4.78 is 0. The van der Waals surface area contributed by atoms with Crippen molar-refractivity contribution >= 4 is 5.69 Å². The van der Waals surface area contributed by atoms with Gasteiger partial charge in [-0.05, 0) is 25.8 Å². The minimum Gasteiger partial charge on any atom is -0.386 e. The molecule has 0 fully saturated rings. The quantitative estimate of drug-likeness (QED) is 0.681. The molecule has 2 rings (SSSR count). The van der Waals surface area contributed by atoms with E-state index in [1.54, 1.807) is 20.0 Å². The SMILES string of the molecule is CC(C)(O)c1cncc2c1CCN2. The van der Waals surface area contributed by atoms with Crippen molar-refractivity contribution in [3.05, 3.63) is 23.5 Å². The van der Waals surface area contributed by atoms with Gasteiger partial charge in [-0.15, -0.1) is 0 Å². The maximum Gasteiger partial charge on any atom is 0.0858 e. The highest BCUT2D eigenvalue weighted by atomic mass is 16.3. The Morgan fingerprint density at radius 2 is 2.23 bits per heavy atom. The molecule has 3 nitrogen and oxygen atoms in total. The lowest BCUT2D eigenvalue weighted by molar-refractivity contribution is 0.0774. The molecule has 0 spiro atoms. The molecule has 3 heteroatoms. The number of hydrogen-bond donors (Lipinski definition) is 2. The number of anilines is 1. The van der Waals surface area contributed by atoms with Crippen LogP contribution in [0.15, 0.2) is 12.4 Å². The van der Waals surface area contributed by atoms with E-state index < -0.39 is 5.60 Å². The van der Waals surface area contributed by atoms with Crippen molar-refractivity contribution in [1.82, 2.24) is 4.98 Å². The monoisotopic (exact) mass is 178 g/mol. The molecule has 0 unspecified atom stereocenters. The third-order valence-corrected chi connectivity index (χ3v) is 2.41. The fourth-order valence-corrected chi connectivity index (χ4v) is 1.76. The molecule has 1 aromatic rings. The molecule has 1 aliphatic heterocycles. The number of aromatic nitrogens is 1. The number of nitrogens with zero attached hydrogens (tertiary/aromatic N) is 1. The molecule has 0 amide bonds. The highest BCUT2D eigenvalue weighted by molar-refractivity contribution is 5.57. The third-order valence-electron chi connectivity index (χ3n) is 2.41. The summed E-state index contributed by atoms with van der Waals surface area (Å²) in [6.45, 7) is 4.54. The Morgan fingerprint density at radius 3 is 2.92 bits per heavy atom. The van der Waals surface area contributed by atoms with Crippen molar-refractivity contribution < 1.29 is 5.11 Å². The normalized spacial score (nSPS) is 15.3. The lowest BCUT2D eigenvalue weighted by Crippen LogP contribution is -2.17. The minimum atomic E-state index is -0.787. The summed E-state index contributed by atoms with van der Waals surface area (Å²) in [6, 6.07) is 0. The van der Waals surface area contributed by atoms with Crippen molar-refractivity contribution in [1.29, 1.82) is 0 Å². The number of pyridine rings is 1. The van der Waals surface area contributed by atoms with Crippen LogP contribution >= 0.6 is 0 Å². The van der Waals surface area contributed by atoms with E-state index >= 15 is 0 Å². The van der Waals surface area contributed by atoms with E-state index in [4.69, 9.17) is 0 Å². The molecule has 0 aromatic carbocycles. The fraction of sp³-hybridized carbons (Fsp3) is 0.500. The van der Waals surface area contributed by atoms with Crippen LogP contribution in [0.3, 0.4) is 0 Å². The van der Waals surface area contributed by atoms with Crippen LogP contribution in [0.2, 0.25) is 0 Å². The van der Waals surface area contributed by atoms with Crippen LogP contribution < -0.4 is 5.32 Å². The Morgan fingerprint density at radius 1 is 1.46 bits per heavy atom. The standard InChI is InChI=1S/C10H14N2O/c1-10(2,13)8-5-11-6-9-7(8)3-4-12-9/h5-6,12-13H,3-4H2,1-2H3. The number of hydrogen-bond acceptors (Lipinski definition) is 3. The number of nitrogens with one attached hydrogen (secondary N) is 1. The Kier molecular flexibility index (Phi) is 1.77. The van der Waals surface area contributed by atoms with Crippen LogP contribution in [0.25, 0.3) is 0 Å². The highest BCUT2D eigenvalue weighted by Gasteiger charge is 2.24. The molecular weight excluding hydrogens is 164 g/mol. The van der Waals surface area contributed by atoms with Crippen LogP contribution in [0.4, 0.5) is 5.69 Å². The molecule has 0 bridgehead atoms. The van der Waals surface area contributed by atoms with E-state index in [1.807, 2.05) is 6.20 Å². The molecule has 0 aliphatic carbocycles. The van der Waals surface area contributed by atoms with E-state index in [2.05, 4.69) is 10.3 Å². The van der Waals surface area contributed by atoms with Gasteiger partial charge in [0.25, 0.3) is 0 Å². The largest absolute Gasteiger partial charge is 0.386 e. The Balaban J connectivity index is 2.54.